The Bertz CT molecular complexity index is 1050. The molecule has 1 aromatic heterocycles. The first-order chi connectivity index (χ1) is 12.8. The number of rotatable bonds is 2. The Hall–Kier alpha value is -2.23. The van der Waals surface area contributed by atoms with Crippen LogP contribution < -0.4 is 16.0 Å². The highest BCUT2D eigenvalue weighted by atomic mass is 32.2. The van der Waals surface area contributed by atoms with Crippen molar-refractivity contribution in [1.29, 1.82) is 0 Å². The molecule has 3 N–H and O–H groups in total. The van der Waals surface area contributed by atoms with Crippen molar-refractivity contribution in [2.75, 3.05) is 18.4 Å². The van der Waals surface area contributed by atoms with Crippen LogP contribution in [0.5, 0.6) is 0 Å². The van der Waals surface area contributed by atoms with Gasteiger partial charge in [0.2, 0.25) is 10.0 Å². The zero-order valence-corrected chi connectivity index (χ0v) is 16.2. The van der Waals surface area contributed by atoms with Crippen molar-refractivity contribution in [3.8, 4) is 0 Å². The molecule has 142 valence electrons. The SMILES string of the molecule is NS(=O)(=O)c1ccc(NC(=S)N2C[C@H]3C[C@H](C2)c2cccc(=O)n2C3)cc1. The Kier molecular flexibility index (Phi) is 4.53. The lowest BCUT2D eigenvalue weighted by Crippen LogP contribution is -2.50. The van der Waals surface area contributed by atoms with Crippen molar-refractivity contribution >= 4 is 33.0 Å². The van der Waals surface area contributed by atoms with Gasteiger partial charge in [0.05, 0.1) is 4.90 Å². The number of anilines is 1. The maximum Gasteiger partial charge on any atom is 0.250 e. The van der Waals surface area contributed by atoms with Crippen molar-refractivity contribution in [2.24, 2.45) is 11.1 Å². The number of thiocarbonyl (C=S) groups is 1. The zero-order valence-electron chi connectivity index (χ0n) is 14.5. The number of piperidine rings is 1. The third-order valence-electron chi connectivity index (χ3n) is 5.20. The van der Waals surface area contributed by atoms with E-state index in [1.54, 1.807) is 18.2 Å². The molecule has 1 saturated heterocycles. The van der Waals surface area contributed by atoms with Gasteiger partial charge >= 0.3 is 0 Å². The molecule has 0 spiro atoms. The minimum atomic E-state index is -3.71. The van der Waals surface area contributed by atoms with Crippen LogP contribution in [0, 0.1) is 5.92 Å². The highest BCUT2D eigenvalue weighted by molar-refractivity contribution is 7.89. The van der Waals surface area contributed by atoms with Crippen LogP contribution in [0.4, 0.5) is 5.69 Å². The molecule has 1 aromatic carbocycles. The van der Waals surface area contributed by atoms with Crippen LogP contribution in [0.3, 0.4) is 0 Å². The molecule has 0 radical (unpaired) electrons. The summed E-state index contributed by atoms with van der Waals surface area (Å²) in [7, 11) is -3.71. The van der Waals surface area contributed by atoms with E-state index in [0.717, 1.165) is 25.2 Å². The molecule has 1 fully saturated rings. The summed E-state index contributed by atoms with van der Waals surface area (Å²) in [5, 5.41) is 8.89. The Labute approximate surface area is 162 Å². The van der Waals surface area contributed by atoms with Crippen molar-refractivity contribution in [3.63, 3.8) is 0 Å². The maximum atomic E-state index is 12.1. The third-order valence-corrected chi connectivity index (χ3v) is 6.49. The summed E-state index contributed by atoms with van der Waals surface area (Å²) < 4.78 is 24.6. The fraction of sp³-hybridized carbons (Fsp3) is 0.333. The average Bonchev–Trinajstić information content (AvgIpc) is 2.62. The van der Waals surface area contributed by atoms with E-state index in [4.69, 9.17) is 17.4 Å². The first-order valence-electron chi connectivity index (χ1n) is 8.70. The lowest BCUT2D eigenvalue weighted by molar-refractivity contribution is 0.180. The van der Waals surface area contributed by atoms with E-state index in [1.165, 1.54) is 12.1 Å². The fourth-order valence-corrected chi connectivity index (χ4v) is 4.78. The first kappa shape index (κ1) is 18.1. The molecule has 2 aliphatic heterocycles. The molecular formula is C18H20N4O3S2. The molecule has 2 aromatic rings. The summed E-state index contributed by atoms with van der Waals surface area (Å²) in [4.78, 5) is 14.3. The summed E-state index contributed by atoms with van der Waals surface area (Å²) in [6.07, 6.45) is 1.06. The van der Waals surface area contributed by atoms with E-state index in [1.807, 2.05) is 16.7 Å². The summed E-state index contributed by atoms with van der Waals surface area (Å²) in [6.45, 7) is 2.26. The van der Waals surface area contributed by atoms with Gasteiger partial charge in [-0.3, -0.25) is 4.79 Å². The molecule has 0 aliphatic carbocycles. The van der Waals surface area contributed by atoms with Crippen LogP contribution in [-0.4, -0.2) is 36.1 Å². The maximum absolute atomic E-state index is 12.1. The van der Waals surface area contributed by atoms with Crippen molar-refractivity contribution in [2.45, 2.75) is 23.8 Å². The molecule has 2 bridgehead atoms. The number of fused-ring (bicyclic) bond motifs is 4. The number of benzene rings is 1. The lowest BCUT2D eigenvalue weighted by Gasteiger charge is -2.43. The van der Waals surface area contributed by atoms with Gasteiger partial charge in [-0.2, -0.15) is 0 Å². The van der Waals surface area contributed by atoms with Crippen LogP contribution in [0.25, 0.3) is 0 Å². The molecule has 0 unspecified atom stereocenters. The van der Waals surface area contributed by atoms with E-state index in [2.05, 4.69) is 10.2 Å². The average molecular weight is 405 g/mol. The highest BCUT2D eigenvalue weighted by Crippen LogP contribution is 2.35. The largest absolute Gasteiger partial charge is 0.348 e. The van der Waals surface area contributed by atoms with E-state index in [9.17, 15) is 13.2 Å². The summed E-state index contributed by atoms with van der Waals surface area (Å²) in [5.41, 5.74) is 1.84. The molecule has 4 rings (SSSR count). The highest BCUT2D eigenvalue weighted by Gasteiger charge is 2.35. The minimum absolute atomic E-state index is 0.0614. The van der Waals surface area contributed by atoms with Gasteiger partial charge in [0.25, 0.3) is 5.56 Å². The van der Waals surface area contributed by atoms with Gasteiger partial charge in [-0.25, -0.2) is 13.6 Å². The van der Waals surface area contributed by atoms with Gasteiger partial charge in [0.15, 0.2) is 5.11 Å². The van der Waals surface area contributed by atoms with E-state index in [-0.39, 0.29) is 16.4 Å². The molecule has 9 heteroatoms. The van der Waals surface area contributed by atoms with Gasteiger partial charge < -0.3 is 14.8 Å². The van der Waals surface area contributed by atoms with Gasteiger partial charge in [0, 0.05) is 43.0 Å². The first-order valence-corrected chi connectivity index (χ1v) is 10.7. The normalized spacial score (nSPS) is 21.4. The van der Waals surface area contributed by atoms with Gasteiger partial charge in [-0.15, -0.1) is 0 Å². The number of nitrogens with zero attached hydrogens (tertiary/aromatic N) is 2. The molecular weight excluding hydrogens is 384 g/mol. The quantitative estimate of drug-likeness (QED) is 0.733. The molecule has 0 amide bonds. The van der Waals surface area contributed by atoms with Crippen molar-refractivity contribution in [1.82, 2.24) is 9.47 Å². The predicted octanol–water partition coefficient (Wildman–Crippen LogP) is 1.31. The van der Waals surface area contributed by atoms with E-state index < -0.39 is 10.0 Å². The van der Waals surface area contributed by atoms with Gasteiger partial charge in [-0.05, 0) is 54.9 Å². The third kappa shape index (κ3) is 3.62. The molecule has 3 heterocycles. The second-order valence-electron chi connectivity index (χ2n) is 7.10. The van der Waals surface area contributed by atoms with Crippen LogP contribution in [0.1, 0.15) is 18.0 Å². The number of nitrogens with two attached hydrogens (primary N) is 1. The molecule has 2 aliphatic rings. The number of hydrogen-bond donors (Lipinski definition) is 2. The Morgan fingerprint density at radius 3 is 2.56 bits per heavy atom. The number of hydrogen-bond acceptors (Lipinski definition) is 4. The van der Waals surface area contributed by atoms with Gasteiger partial charge in [-0.1, -0.05) is 6.07 Å². The van der Waals surface area contributed by atoms with Crippen molar-refractivity contribution < 1.29 is 8.42 Å². The standard InChI is InChI=1S/C18H20N4O3S2/c19-27(24,25)15-6-4-14(5-7-15)20-18(26)21-9-12-8-13(11-21)16-2-1-3-17(23)22(16)10-12/h1-7,12-13H,8-11H2,(H,20,26)(H2,19,24,25)/t12-,13-/m1/s1. The Morgan fingerprint density at radius 2 is 1.85 bits per heavy atom. The second-order valence-corrected chi connectivity index (χ2v) is 9.05. The smallest absolute Gasteiger partial charge is 0.250 e. The second kappa shape index (κ2) is 6.74. The zero-order chi connectivity index (χ0) is 19.2. The van der Waals surface area contributed by atoms with Crippen LogP contribution >= 0.6 is 12.2 Å². The molecule has 0 saturated carbocycles. The number of primary sulfonamides is 1. The lowest BCUT2D eigenvalue weighted by atomic mass is 9.83. The minimum Gasteiger partial charge on any atom is -0.348 e. The summed E-state index contributed by atoms with van der Waals surface area (Å²) in [5.74, 6) is 0.650. The number of sulfonamides is 1. The molecule has 7 nitrogen and oxygen atoms in total. The monoisotopic (exact) mass is 404 g/mol. The van der Waals surface area contributed by atoms with Gasteiger partial charge in [0.1, 0.15) is 0 Å². The Balaban J connectivity index is 1.49. The predicted molar refractivity (Wildman–Crippen MR) is 107 cm³/mol. The van der Waals surface area contributed by atoms with Crippen LogP contribution in [0.15, 0.2) is 52.2 Å². The number of aromatic nitrogens is 1. The summed E-state index contributed by atoms with van der Waals surface area (Å²) >= 11 is 5.57. The van der Waals surface area contributed by atoms with E-state index in [0.29, 0.717) is 23.3 Å². The number of likely N-dealkylation sites (tertiary alicyclic amines) is 1. The molecule has 2 atom stereocenters. The van der Waals surface area contributed by atoms with Crippen LogP contribution in [-0.2, 0) is 16.6 Å². The fourth-order valence-electron chi connectivity index (χ4n) is 3.99. The van der Waals surface area contributed by atoms with E-state index >= 15 is 0 Å². The van der Waals surface area contributed by atoms with Crippen LogP contribution in [0.2, 0.25) is 0 Å². The van der Waals surface area contributed by atoms with Crippen molar-refractivity contribution in [3.05, 3.63) is 58.5 Å². The summed E-state index contributed by atoms with van der Waals surface area (Å²) in [6, 6.07) is 11.6. The topological polar surface area (TPSA) is 97.4 Å². The number of pyridine rings is 1. The Morgan fingerprint density at radius 1 is 1.11 bits per heavy atom. The molecule has 27 heavy (non-hydrogen) atoms. The number of nitrogens with one attached hydrogen (secondary N) is 1.